The minimum Gasteiger partial charge on any atom is -0.495 e. The molecule has 164 valence electrons. The maximum absolute atomic E-state index is 13.0. The van der Waals surface area contributed by atoms with Crippen molar-refractivity contribution in [3.8, 4) is 5.75 Å². The zero-order valence-corrected chi connectivity index (χ0v) is 18.9. The maximum Gasteiger partial charge on any atom is 0.248 e. The van der Waals surface area contributed by atoms with Gasteiger partial charge in [0.05, 0.1) is 22.6 Å². The number of fused-ring (bicyclic) bond motifs is 1. The van der Waals surface area contributed by atoms with Gasteiger partial charge in [-0.05, 0) is 44.4 Å². The summed E-state index contributed by atoms with van der Waals surface area (Å²) >= 11 is 1.61. The van der Waals surface area contributed by atoms with E-state index in [0.29, 0.717) is 36.7 Å². The molecule has 0 aromatic heterocycles. The Kier molecular flexibility index (Phi) is 5.75. The number of hydrogen-bond donors (Lipinski definition) is 1. The van der Waals surface area contributed by atoms with E-state index in [1.807, 2.05) is 6.92 Å². The van der Waals surface area contributed by atoms with Gasteiger partial charge in [-0.2, -0.15) is 4.31 Å². The van der Waals surface area contributed by atoms with Crippen LogP contribution in [-0.4, -0.2) is 66.3 Å². The van der Waals surface area contributed by atoms with Crippen LogP contribution in [0, 0.1) is 0 Å². The second-order valence-corrected chi connectivity index (χ2v) is 11.5. The summed E-state index contributed by atoms with van der Waals surface area (Å²) in [4.78, 5) is 26.8. The number of amides is 2. The van der Waals surface area contributed by atoms with Crippen LogP contribution in [-0.2, 0) is 19.6 Å². The van der Waals surface area contributed by atoms with Gasteiger partial charge in [-0.25, -0.2) is 8.42 Å². The van der Waals surface area contributed by atoms with Gasteiger partial charge >= 0.3 is 0 Å². The Labute approximate surface area is 181 Å². The Hall–Kier alpha value is -1.78. The minimum absolute atomic E-state index is 0.0176. The number of nitrogens with one attached hydrogen (secondary N) is 1. The van der Waals surface area contributed by atoms with Gasteiger partial charge in [0.1, 0.15) is 11.8 Å². The summed E-state index contributed by atoms with van der Waals surface area (Å²) < 4.78 is 32.9. The fourth-order valence-corrected chi connectivity index (χ4v) is 7.41. The molecule has 0 spiro atoms. The lowest BCUT2D eigenvalue weighted by molar-refractivity contribution is -0.135. The lowest BCUT2D eigenvalue weighted by atomic mass is 10.2. The van der Waals surface area contributed by atoms with E-state index in [1.54, 1.807) is 22.7 Å². The molecule has 8 nitrogen and oxygen atoms in total. The molecule has 4 rings (SSSR count). The highest BCUT2D eigenvalue weighted by Gasteiger charge is 2.53. The molecule has 1 N–H and O–H groups in total. The van der Waals surface area contributed by atoms with Crippen LogP contribution in [0.3, 0.4) is 0 Å². The number of hydrogen-bond acceptors (Lipinski definition) is 6. The van der Waals surface area contributed by atoms with E-state index < -0.39 is 16.1 Å². The van der Waals surface area contributed by atoms with Gasteiger partial charge in [-0.1, -0.05) is 6.42 Å². The van der Waals surface area contributed by atoms with Gasteiger partial charge in [0.2, 0.25) is 21.8 Å². The van der Waals surface area contributed by atoms with Crippen LogP contribution in [0.5, 0.6) is 5.75 Å². The van der Waals surface area contributed by atoms with Crippen molar-refractivity contribution < 1.29 is 22.7 Å². The molecule has 3 aliphatic rings. The summed E-state index contributed by atoms with van der Waals surface area (Å²) in [6, 6.07) is 3.93. The highest BCUT2D eigenvalue weighted by Crippen LogP contribution is 2.47. The van der Waals surface area contributed by atoms with E-state index in [1.165, 1.54) is 23.5 Å². The summed E-state index contributed by atoms with van der Waals surface area (Å²) in [5, 5.41) is 2.82. The third-order valence-electron chi connectivity index (χ3n) is 6.13. The normalized spacial score (nSPS) is 27.2. The number of sulfonamides is 1. The molecular weight excluding hydrogens is 426 g/mol. The number of piperidine rings is 1. The van der Waals surface area contributed by atoms with Crippen LogP contribution in [0.4, 0.5) is 5.69 Å². The highest BCUT2D eigenvalue weighted by molar-refractivity contribution is 8.01. The average molecular weight is 454 g/mol. The van der Waals surface area contributed by atoms with Crippen molar-refractivity contribution >= 4 is 39.3 Å². The third-order valence-corrected chi connectivity index (χ3v) is 9.53. The van der Waals surface area contributed by atoms with Gasteiger partial charge in [0.15, 0.2) is 0 Å². The van der Waals surface area contributed by atoms with Crippen molar-refractivity contribution in [1.82, 2.24) is 9.21 Å². The van der Waals surface area contributed by atoms with E-state index in [2.05, 4.69) is 5.32 Å². The zero-order chi connectivity index (χ0) is 21.5. The summed E-state index contributed by atoms with van der Waals surface area (Å²) in [6.07, 6.45) is 3.90. The van der Waals surface area contributed by atoms with E-state index in [9.17, 15) is 18.0 Å². The van der Waals surface area contributed by atoms with Crippen molar-refractivity contribution in [2.75, 3.05) is 31.3 Å². The Morgan fingerprint density at radius 2 is 2.00 bits per heavy atom. The van der Waals surface area contributed by atoms with Crippen LogP contribution >= 0.6 is 11.8 Å². The van der Waals surface area contributed by atoms with Crippen LogP contribution in [0.1, 0.15) is 39.0 Å². The minimum atomic E-state index is -3.64. The lowest BCUT2D eigenvalue weighted by Gasteiger charge is -2.30. The molecule has 10 heteroatoms. The summed E-state index contributed by atoms with van der Waals surface area (Å²) in [7, 11) is -2.17. The van der Waals surface area contributed by atoms with E-state index in [0.717, 1.165) is 25.7 Å². The van der Waals surface area contributed by atoms with E-state index >= 15 is 0 Å². The number of carbonyl (C=O) groups is 2. The number of anilines is 1. The molecular formula is C20H27N3O5S2. The number of benzene rings is 1. The van der Waals surface area contributed by atoms with Gasteiger partial charge in [0, 0.05) is 25.3 Å². The van der Waals surface area contributed by atoms with Crippen molar-refractivity contribution in [2.45, 2.75) is 54.8 Å². The molecule has 3 heterocycles. The molecule has 0 radical (unpaired) electrons. The summed E-state index contributed by atoms with van der Waals surface area (Å²) in [6.45, 7) is 3.00. The molecule has 2 atom stereocenters. The largest absolute Gasteiger partial charge is 0.495 e. The highest BCUT2D eigenvalue weighted by atomic mass is 32.2. The second-order valence-electron chi connectivity index (χ2n) is 8.08. The lowest BCUT2D eigenvalue weighted by Crippen LogP contribution is -2.48. The van der Waals surface area contributed by atoms with E-state index in [4.69, 9.17) is 4.74 Å². The topological polar surface area (TPSA) is 96.0 Å². The van der Waals surface area contributed by atoms with E-state index in [-0.39, 0.29) is 21.6 Å². The smallest absolute Gasteiger partial charge is 0.248 e. The Balaban J connectivity index is 1.58. The Bertz CT molecular complexity index is 961. The molecule has 0 bridgehead atoms. The van der Waals surface area contributed by atoms with Crippen LogP contribution in [0.25, 0.3) is 0 Å². The van der Waals surface area contributed by atoms with Crippen molar-refractivity contribution in [1.29, 1.82) is 0 Å². The van der Waals surface area contributed by atoms with Crippen LogP contribution in [0.15, 0.2) is 23.1 Å². The predicted octanol–water partition coefficient (Wildman–Crippen LogP) is 2.26. The number of thioether (sulfide) groups is 1. The Morgan fingerprint density at radius 3 is 2.70 bits per heavy atom. The average Bonchev–Trinajstić information content (AvgIpc) is 3.24. The summed E-state index contributed by atoms with van der Waals surface area (Å²) in [5.41, 5.74) is 0.297. The quantitative estimate of drug-likeness (QED) is 0.735. The molecule has 3 aliphatic heterocycles. The molecule has 2 amide bonds. The summed E-state index contributed by atoms with van der Waals surface area (Å²) in [5.74, 6) is 0.549. The van der Waals surface area contributed by atoms with Crippen molar-refractivity contribution in [3.05, 3.63) is 18.2 Å². The number of rotatable bonds is 5. The first kappa shape index (κ1) is 21.5. The maximum atomic E-state index is 13.0. The molecule has 0 saturated carbocycles. The van der Waals surface area contributed by atoms with Crippen LogP contribution in [0.2, 0.25) is 0 Å². The predicted molar refractivity (Wildman–Crippen MR) is 115 cm³/mol. The monoisotopic (exact) mass is 453 g/mol. The number of carbonyl (C=O) groups excluding carboxylic acids is 2. The Morgan fingerprint density at radius 1 is 1.27 bits per heavy atom. The molecule has 0 unspecified atom stereocenters. The second kappa shape index (κ2) is 8.05. The molecule has 3 saturated heterocycles. The standard InChI is InChI=1S/C20H27N3O5S2/c1-20-9-8-18(24)23(20)16(13-29-20)19(25)21-15-12-14(6-7-17(15)28-2)30(26,27)22-10-4-3-5-11-22/h6-7,12,16H,3-5,8-11,13H2,1-2H3,(H,21,25)/t16-,20+/m0/s1. The zero-order valence-electron chi connectivity index (χ0n) is 17.2. The third kappa shape index (κ3) is 3.69. The van der Waals surface area contributed by atoms with Gasteiger partial charge in [-0.15, -0.1) is 11.8 Å². The molecule has 1 aromatic rings. The fraction of sp³-hybridized carbons (Fsp3) is 0.600. The molecule has 1 aromatic carbocycles. The number of ether oxygens (including phenoxy) is 1. The van der Waals surface area contributed by atoms with Crippen molar-refractivity contribution in [3.63, 3.8) is 0 Å². The van der Waals surface area contributed by atoms with Gasteiger partial charge < -0.3 is 15.0 Å². The first-order chi connectivity index (χ1) is 14.3. The SMILES string of the molecule is COc1ccc(S(=O)(=O)N2CCCCC2)cc1NC(=O)[C@@H]1CS[C@]2(C)CCC(=O)N12. The van der Waals surface area contributed by atoms with Crippen molar-refractivity contribution in [2.24, 2.45) is 0 Å². The fourth-order valence-electron chi connectivity index (χ4n) is 4.43. The number of methoxy groups -OCH3 is 1. The molecule has 0 aliphatic carbocycles. The molecule has 30 heavy (non-hydrogen) atoms. The van der Waals surface area contributed by atoms with Crippen LogP contribution < -0.4 is 10.1 Å². The molecule has 3 fully saturated rings. The van der Waals surface area contributed by atoms with Gasteiger partial charge in [0.25, 0.3) is 0 Å². The first-order valence-electron chi connectivity index (χ1n) is 10.2. The number of nitrogens with zero attached hydrogens (tertiary/aromatic N) is 2. The van der Waals surface area contributed by atoms with Gasteiger partial charge in [-0.3, -0.25) is 9.59 Å². The first-order valence-corrected chi connectivity index (χ1v) is 12.6.